The topological polar surface area (TPSA) is 52.6 Å². The van der Waals surface area contributed by atoms with Gasteiger partial charge in [-0.25, -0.2) is 0 Å². The number of esters is 2. The Morgan fingerprint density at radius 1 is 1.07 bits per heavy atom. The first-order valence-electron chi connectivity index (χ1n) is 3.73. The molecule has 0 saturated carbocycles. The summed E-state index contributed by atoms with van der Waals surface area (Å²) in [6.45, 7) is 0. The van der Waals surface area contributed by atoms with Gasteiger partial charge >= 0.3 is 94.8 Å². The van der Waals surface area contributed by atoms with Gasteiger partial charge in [-0.3, -0.25) is 0 Å². The Hall–Kier alpha value is 0.198. The van der Waals surface area contributed by atoms with E-state index in [0.717, 1.165) is 0 Å². The monoisotopic (exact) mass is 300 g/mol. The first-order valence-corrected chi connectivity index (χ1v) is 12.1. The van der Waals surface area contributed by atoms with E-state index in [-0.39, 0.29) is 11.9 Å². The first-order chi connectivity index (χ1) is 6.60. The Bertz CT molecular complexity index is 180. The Morgan fingerprint density at radius 3 is 1.71 bits per heavy atom. The van der Waals surface area contributed by atoms with Crippen LogP contribution in [0.3, 0.4) is 0 Å². The van der Waals surface area contributed by atoms with E-state index in [0.29, 0.717) is 11.5 Å². The first kappa shape index (κ1) is 14.2. The molecule has 0 saturated heterocycles. The molecule has 0 spiro atoms. The second-order valence-electron chi connectivity index (χ2n) is 2.14. The summed E-state index contributed by atoms with van der Waals surface area (Å²) in [4.78, 5) is 21.6. The van der Waals surface area contributed by atoms with Gasteiger partial charge in [-0.2, -0.15) is 0 Å². The molecule has 0 N–H and O–H groups in total. The Labute approximate surface area is 94.7 Å². The number of carbonyl (C=O) groups excluding carboxylic acids is 2. The van der Waals surface area contributed by atoms with E-state index in [1.807, 2.05) is 0 Å². The van der Waals surface area contributed by atoms with Crippen LogP contribution in [0.1, 0.15) is 0 Å². The van der Waals surface area contributed by atoms with Crippen LogP contribution >= 0.6 is 20.0 Å². The molecule has 0 bridgehead atoms. The Morgan fingerprint density at radius 2 is 1.43 bits per heavy atom. The molecule has 4 nitrogen and oxygen atoms in total. The van der Waals surface area contributed by atoms with Gasteiger partial charge in [0.1, 0.15) is 0 Å². The fourth-order valence-corrected chi connectivity index (χ4v) is 8.22. The van der Waals surface area contributed by atoms with Crippen LogP contribution in [0.25, 0.3) is 0 Å². The molecule has 0 fully saturated rings. The number of rotatable bonds is 6. The quantitative estimate of drug-likeness (QED) is 0.537. The molecule has 14 heavy (non-hydrogen) atoms. The van der Waals surface area contributed by atoms with E-state index in [2.05, 4.69) is 15.2 Å². The molecule has 0 aliphatic rings. The van der Waals surface area contributed by atoms with E-state index in [1.165, 1.54) is 14.2 Å². The van der Waals surface area contributed by atoms with Gasteiger partial charge in [0.05, 0.1) is 0 Å². The van der Waals surface area contributed by atoms with E-state index in [1.54, 1.807) is 20.0 Å². The van der Waals surface area contributed by atoms with Crippen molar-refractivity contribution in [1.29, 1.82) is 0 Å². The van der Waals surface area contributed by atoms with Gasteiger partial charge in [0.15, 0.2) is 0 Å². The van der Waals surface area contributed by atoms with Crippen LogP contribution in [-0.4, -0.2) is 50.0 Å². The van der Waals surface area contributed by atoms with Gasteiger partial charge in [0.25, 0.3) is 0 Å². The predicted octanol–water partition coefficient (Wildman–Crippen LogP) is 0.917. The summed E-state index contributed by atoms with van der Waals surface area (Å²) in [7, 11) is 5.92. The molecule has 0 aliphatic carbocycles. The van der Waals surface area contributed by atoms with Crippen molar-refractivity contribution < 1.29 is 19.1 Å². The summed E-state index contributed by atoms with van der Waals surface area (Å²) in [6, 6.07) is 0. The van der Waals surface area contributed by atoms with Crippen molar-refractivity contribution in [3.05, 3.63) is 0 Å². The summed E-state index contributed by atoms with van der Waals surface area (Å²) in [5.74, 6) is 0.326. The summed E-state index contributed by atoms with van der Waals surface area (Å²) >= 11 is -1.17. The minimum absolute atomic E-state index is 0.213. The Balaban J connectivity index is 3.50. The zero-order valence-corrected chi connectivity index (χ0v) is 11.8. The number of methoxy groups -OCH3 is 2. The van der Waals surface area contributed by atoms with Crippen LogP contribution in [0.15, 0.2) is 0 Å². The van der Waals surface area contributed by atoms with Crippen LogP contribution in [-0.2, 0) is 19.1 Å². The summed E-state index contributed by atoms with van der Waals surface area (Å²) in [5.41, 5.74) is 2.08. The molecule has 0 atom stereocenters. The molecule has 0 aromatic heterocycles. The molecule has 0 aromatic carbocycles. The van der Waals surface area contributed by atoms with Crippen molar-refractivity contribution in [2.75, 3.05) is 25.7 Å². The number of hydrogen-bond acceptors (Lipinski definition) is 6. The summed E-state index contributed by atoms with van der Waals surface area (Å²) in [6.07, 6.45) is 0. The molecule has 0 aromatic rings. The van der Waals surface area contributed by atoms with E-state index < -0.39 is 12.3 Å². The van der Waals surface area contributed by atoms with Crippen molar-refractivity contribution in [2.24, 2.45) is 0 Å². The van der Waals surface area contributed by atoms with Crippen LogP contribution in [0, 0.1) is 0 Å². The third-order valence-electron chi connectivity index (χ3n) is 1.18. The van der Waals surface area contributed by atoms with Gasteiger partial charge in [-0.1, -0.05) is 0 Å². The molecule has 0 unspecified atom stereocenters. The van der Waals surface area contributed by atoms with Crippen LogP contribution < -0.4 is 0 Å². The van der Waals surface area contributed by atoms with E-state index in [4.69, 9.17) is 0 Å². The van der Waals surface area contributed by atoms with Crippen molar-refractivity contribution in [2.45, 2.75) is 5.71 Å². The fourth-order valence-electron chi connectivity index (χ4n) is 0.442. The van der Waals surface area contributed by atoms with Crippen molar-refractivity contribution in [3.8, 4) is 0 Å². The third-order valence-corrected chi connectivity index (χ3v) is 12.1. The van der Waals surface area contributed by atoms with Crippen molar-refractivity contribution in [1.82, 2.24) is 0 Å². The normalized spacial score (nSPS) is 10.0. The second kappa shape index (κ2) is 8.50. The van der Waals surface area contributed by atoms with Gasteiger partial charge < -0.3 is 0 Å². The van der Waals surface area contributed by atoms with Gasteiger partial charge in [-0.05, 0) is 0 Å². The second-order valence-corrected chi connectivity index (χ2v) is 15.2. The molecule has 82 valence electrons. The maximum absolute atomic E-state index is 10.8. The fraction of sp³-hybridized carbons (Fsp3) is 0.714. The molecule has 0 aliphatic heterocycles. The summed E-state index contributed by atoms with van der Waals surface area (Å²) in [5, 5.41) is 0. The molecule has 0 radical (unpaired) electrons. The van der Waals surface area contributed by atoms with Gasteiger partial charge in [0, 0.05) is 0 Å². The average molecular weight is 300 g/mol. The number of ether oxygens (including phenoxy) is 2. The average Bonchev–Trinajstić information content (AvgIpc) is 2.22. The molecule has 7 heteroatoms. The van der Waals surface area contributed by atoms with Crippen LogP contribution in [0.4, 0.5) is 0 Å². The van der Waals surface area contributed by atoms with Crippen molar-refractivity contribution >= 4 is 44.3 Å². The zero-order chi connectivity index (χ0) is 11.0. The minimum atomic E-state index is -1.17. The summed E-state index contributed by atoms with van der Waals surface area (Å²) < 4.78 is 9.02. The van der Waals surface area contributed by atoms with Crippen molar-refractivity contribution in [3.63, 3.8) is 0 Å². The van der Waals surface area contributed by atoms with Gasteiger partial charge in [0.2, 0.25) is 0 Å². The predicted molar refractivity (Wildman–Crippen MR) is 60.6 cm³/mol. The van der Waals surface area contributed by atoms with E-state index >= 15 is 0 Å². The molecule has 0 amide bonds. The molecule has 0 rings (SSSR count). The number of hydrogen-bond donors (Lipinski definition) is 0. The van der Waals surface area contributed by atoms with E-state index in [9.17, 15) is 9.59 Å². The van der Waals surface area contributed by atoms with Crippen LogP contribution in [0.2, 0.25) is 5.71 Å². The third kappa shape index (κ3) is 7.59. The molecule has 0 heterocycles. The Kier molecular flexibility index (Phi) is 8.62. The van der Waals surface area contributed by atoms with Gasteiger partial charge in [-0.15, -0.1) is 0 Å². The maximum atomic E-state index is 10.8. The zero-order valence-electron chi connectivity index (χ0n) is 8.31. The standard InChI is InChI=1S/C7H13AsO4S2/c1-8(13-4-6(9)11-2)14-5-7(10)12-3/h4-5H2,1-3H3. The number of carbonyl (C=O) groups is 2. The van der Waals surface area contributed by atoms with Crippen LogP contribution in [0.5, 0.6) is 0 Å². The molecular weight excluding hydrogens is 287 g/mol. The molecular formula is C7H13AsO4S2. The SMILES string of the molecule is COC(=O)CS[As](C)SCC(=O)OC.